The molecule has 0 saturated heterocycles. The molecule has 1 heterocycles. The Morgan fingerprint density at radius 1 is 1.00 bits per heavy atom. The molecule has 0 aliphatic rings. The summed E-state index contributed by atoms with van der Waals surface area (Å²) in [6, 6.07) is 22.9. The second-order valence-corrected chi connectivity index (χ2v) is 8.97. The smallest absolute Gasteiger partial charge is 0.323 e. The molecule has 0 amide bonds. The zero-order valence-corrected chi connectivity index (χ0v) is 19.0. The molecule has 0 bridgehead atoms. The minimum Gasteiger partial charge on any atom is -0.460 e. The van der Waals surface area contributed by atoms with E-state index in [1.165, 1.54) is 12.1 Å². The third-order valence-electron chi connectivity index (χ3n) is 4.96. The first kappa shape index (κ1) is 24.2. The SMILES string of the molecule is Cc1ccc(S(=O)(=O)O)cc1.NC(Cc1c[nH]c2ccccc12)C(=O)OCc1ccccc1. The minimum atomic E-state index is -4.02. The maximum absolute atomic E-state index is 12.0. The number of rotatable bonds is 6. The summed E-state index contributed by atoms with van der Waals surface area (Å²) < 4.78 is 34.8. The molecule has 0 fully saturated rings. The second kappa shape index (κ2) is 10.9. The number of aromatic nitrogens is 1. The summed E-state index contributed by atoms with van der Waals surface area (Å²) in [6.45, 7) is 2.09. The van der Waals surface area contributed by atoms with E-state index >= 15 is 0 Å². The summed E-state index contributed by atoms with van der Waals surface area (Å²) in [7, 11) is -4.02. The van der Waals surface area contributed by atoms with Gasteiger partial charge in [-0.15, -0.1) is 0 Å². The molecule has 4 N–H and O–H groups in total. The van der Waals surface area contributed by atoms with E-state index in [1.807, 2.05) is 67.7 Å². The van der Waals surface area contributed by atoms with Crippen molar-refractivity contribution in [3.63, 3.8) is 0 Å². The van der Waals surface area contributed by atoms with Gasteiger partial charge in [-0.2, -0.15) is 8.42 Å². The summed E-state index contributed by atoms with van der Waals surface area (Å²) >= 11 is 0. The molecule has 0 aliphatic carbocycles. The molecule has 4 rings (SSSR count). The monoisotopic (exact) mass is 466 g/mol. The lowest BCUT2D eigenvalue weighted by molar-refractivity contribution is -0.146. The Labute approximate surface area is 193 Å². The molecule has 3 aromatic carbocycles. The molecule has 172 valence electrons. The Morgan fingerprint density at radius 3 is 2.30 bits per heavy atom. The second-order valence-electron chi connectivity index (χ2n) is 7.55. The van der Waals surface area contributed by atoms with Gasteiger partial charge in [0.25, 0.3) is 10.1 Å². The van der Waals surface area contributed by atoms with E-state index in [0.29, 0.717) is 6.42 Å². The fraction of sp³-hybridized carbons (Fsp3) is 0.160. The molecule has 0 spiro atoms. The highest BCUT2D eigenvalue weighted by Crippen LogP contribution is 2.19. The molecular weight excluding hydrogens is 440 g/mol. The quantitative estimate of drug-likeness (QED) is 0.291. The van der Waals surface area contributed by atoms with Crippen molar-refractivity contribution in [1.29, 1.82) is 0 Å². The number of nitrogens with two attached hydrogens (primary N) is 1. The highest BCUT2D eigenvalue weighted by Gasteiger charge is 2.17. The number of para-hydroxylation sites is 1. The van der Waals surface area contributed by atoms with Gasteiger partial charge >= 0.3 is 5.97 Å². The van der Waals surface area contributed by atoms with Gasteiger partial charge in [0.1, 0.15) is 12.6 Å². The lowest BCUT2D eigenvalue weighted by atomic mass is 10.1. The van der Waals surface area contributed by atoms with Crippen LogP contribution in [0.1, 0.15) is 16.7 Å². The van der Waals surface area contributed by atoms with Gasteiger partial charge in [0, 0.05) is 23.5 Å². The van der Waals surface area contributed by atoms with E-state index in [-0.39, 0.29) is 17.5 Å². The van der Waals surface area contributed by atoms with E-state index in [0.717, 1.165) is 27.6 Å². The molecule has 0 aliphatic heterocycles. The van der Waals surface area contributed by atoms with Gasteiger partial charge in [-0.1, -0.05) is 66.2 Å². The van der Waals surface area contributed by atoms with Gasteiger partial charge in [0.05, 0.1) is 4.90 Å². The summed E-state index contributed by atoms with van der Waals surface area (Å²) in [6.07, 6.45) is 2.35. The molecule has 8 heteroatoms. The highest BCUT2D eigenvalue weighted by molar-refractivity contribution is 7.85. The first-order valence-electron chi connectivity index (χ1n) is 10.3. The molecule has 1 unspecified atom stereocenters. The third kappa shape index (κ3) is 7.01. The summed E-state index contributed by atoms with van der Waals surface area (Å²) in [5.74, 6) is -0.380. The van der Waals surface area contributed by atoms with E-state index in [4.69, 9.17) is 15.0 Å². The van der Waals surface area contributed by atoms with Crippen LogP contribution in [0.3, 0.4) is 0 Å². The van der Waals surface area contributed by atoms with Gasteiger partial charge in [0.15, 0.2) is 0 Å². The molecule has 0 saturated carbocycles. The molecule has 33 heavy (non-hydrogen) atoms. The number of hydrogen-bond donors (Lipinski definition) is 3. The van der Waals surface area contributed by atoms with E-state index < -0.39 is 16.2 Å². The molecule has 1 atom stereocenters. The van der Waals surface area contributed by atoms with Crippen molar-refractivity contribution in [3.05, 3.63) is 102 Å². The zero-order valence-electron chi connectivity index (χ0n) is 18.1. The molecular formula is C25H26N2O5S. The van der Waals surface area contributed by atoms with E-state index in [9.17, 15) is 13.2 Å². The van der Waals surface area contributed by atoms with Crippen LogP contribution in [0.4, 0.5) is 0 Å². The lowest BCUT2D eigenvalue weighted by Gasteiger charge is -2.11. The fourth-order valence-electron chi connectivity index (χ4n) is 3.17. The zero-order chi connectivity index (χ0) is 23.8. The molecule has 0 radical (unpaired) electrons. The van der Waals surface area contributed by atoms with Crippen LogP contribution in [-0.4, -0.2) is 30.0 Å². The van der Waals surface area contributed by atoms with Crippen molar-refractivity contribution >= 4 is 27.0 Å². The average Bonchev–Trinajstić information content (AvgIpc) is 3.21. The predicted octanol–water partition coefficient (Wildman–Crippen LogP) is 4.02. The van der Waals surface area contributed by atoms with Crippen LogP contribution in [0.15, 0.2) is 90.0 Å². The maximum atomic E-state index is 12.0. The van der Waals surface area contributed by atoms with Crippen LogP contribution < -0.4 is 5.73 Å². The van der Waals surface area contributed by atoms with Crippen molar-refractivity contribution in [2.24, 2.45) is 5.73 Å². The van der Waals surface area contributed by atoms with Crippen LogP contribution in [0.2, 0.25) is 0 Å². The first-order valence-corrected chi connectivity index (χ1v) is 11.7. The topological polar surface area (TPSA) is 122 Å². The van der Waals surface area contributed by atoms with Crippen molar-refractivity contribution in [2.75, 3.05) is 0 Å². The Balaban J connectivity index is 0.000000235. The van der Waals surface area contributed by atoms with E-state index in [2.05, 4.69) is 4.98 Å². The van der Waals surface area contributed by atoms with Crippen LogP contribution in [0.5, 0.6) is 0 Å². The Kier molecular flexibility index (Phi) is 8.00. The minimum absolute atomic E-state index is 0.0666. The lowest BCUT2D eigenvalue weighted by Crippen LogP contribution is -2.34. The number of ether oxygens (including phenoxy) is 1. The number of esters is 1. The summed E-state index contributed by atoms with van der Waals surface area (Å²) in [5.41, 5.74) is 9.96. The number of aryl methyl sites for hydroxylation is 1. The Morgan fingerprint density at radius 2 is 1.64 bits per heavy atom. The molecule has 1 aromatic heterocycles. The van der Waals surface area contributed by atoms with Gasteiger partial charge in [-0.25, -0.2) is 0 Å². The van der Waals surface area contributed by atoms with Crippen LogP contribution >= 0.6 is 0 Å². The van der Waals surface area contributed by atoms with Gasteiger partial charge in [-0.3, -0.25) is 9.35 Å². The Bertz CT molecular complexity index is 1300. The maximum Gasteiger partial charge on any atom is 0.323 e. The normalized spacial score (nSPS) is 12.0. The van der Waals surface area contributed by atoms with Crippen molar-refractivity contribution in [1.82, 2.24) is 4.98 Å². The Hall–Kier alpha value is -3.46. The molecule has 7 nitrogen and oxygen atoms in total. The van der Waals surface area contributed by atoms with Crippen LogP contribution in [0, 0.1) is 6.92 Å². The number of benzene rings is 3. The largest absolute Gasteiger partial charge is 0.460 e. The number of aromatic amines is 1. The van der Waals surface area contributed by atoms with Crippen molar-refractivity contribution in [2.45, 2.75) is 30.9 Å². The number of H-pyrrole nitrogens is 1. The highest BCUT2D eigenvalue weighted by atomic mass is 32.2. The number of nitrogens with one attached hydrogen (secondary N) is 1. The summed E-state index contributed by atoms with van der Waals surface area (Å²) in [4.78, 5) is 15.1. The number of hydrogen-bond acceptors (Lipinski definition) is 5. The number of fused-ring (bicyclic) bond motifs is 1. The third-order valence-corrected chi connectivity index (χ3v) is 5.83. The van der Waals surface area contributed by atoms with Crippen LogP contribution in [0.25, 0.3) is 10.9 Å². The summed E-state index contributed by atoms with van der Waals surface area (Å²) in [5, 5.41) is 1.09. The standard InChI is InChI=1S/C18H18N2O2.C7H8O3S/c19-16(18(21)22-12-13-6-2-1-3-7-13)10-14-11-20-17-9-5-4-8-15(14)17;1-6-2-4-7(5-3-6)11(8,9)10/h1-9,11,16,20H,10,12,19H2;2-5H,1H3,(H,8,9,10). The van der Waals surface area contributed by atoms with Gasteiger partial charge < -0.3 is 15.5 Å². The van der Waals surface area contributed by atoms with Crippen molar-refractivity contribution in [3.8, 4) is 0 Å². The average molecular weight is 467 g/mol. The van der Waals surface area contributed by atoms with Gasteiger partial charge in [-0.05, 0) is 36.2 Å². The number of carbonyl (C=O) groups excluding carboxylic acids is 1. The van der Waals surface area contributed by atoms with Gasteiger partial charge in [0.2, 0.25) is 0 Å². The predicted molar refractivity (Wildman–Crippen MR) is 127 cm³/mol. The fourth-order valence-corrected chi connectivity index (χ4v) is 3.65. The van der Waals surface area contributed by atoms with Crippen molar-refractivity contribution < 1.29 is 22.5 Å². The first-order chi connectivity index (χ1) is 15.7. The van der Waals surface area contributed by atoms with Crippen LogP contribution in [-0.2, 0) is 32.7 Å². The van der Waals surface area contributed by atoms with E-state index in [1.54, 1.807) is 12.1 Å². The number of carbonyl (C=O) groups is 1. The molecule has 4 aromatic rings.